The van der Waals surface area contributed by atoms with Crippen LogP contribution in [0.1, 0.15) is 20.8 Å². The summed E-state index contributed by atoms with van der Waals surface area (Å²) in [6.07, 6.45) is 1.66. The van der Waals surface area contributed by atoms with Crippen molar-refractivity contribution in [3.63, 3.8) is 0 Å². The molecule has 0 rings (SSSR count). The summed E-state index contributed by atoms with van der Waals surface area (Å²) in [5, 5.41) is 0. The van der Waals surface area contributed by atoms with E-state index in [1.807, 2.05) is 6.92 Å². The molecule has 0 fully saturated rings. The molecule has 0 aliphatic rings. The van der Waals surface area contributed by atoms with Crippen molar-refractivity contribution in [3.05, 3.63) is 11.8 Å². The number of hydrogen-bond donors (Lipinski definition) is 1. The van der Waals surface area contributed by atoms with E-state index in [4.69, 9.17) is 5.73 Å². The van der Waals surface area contributed by atoms with Crippen molar-refractivity contribution in [2.24, 2.45) is 11.7 Å². The van der Waals surface area contributed by atoms with Crippen LogP contribution < -0.4 is 5.73 Å². The van der Waals surface area contributed by atoms with E-state index in [-0.39, 0.29) is 0 Å². The van der Waals surface area contributed by atoms with Crippen molar-refractivity contribution in [1.29, 1.82) is 0 Å². The Balaban J connectivity index is 3.56. The highest BCUT2D eigenvalue weighted by Crippen LogP contribution is 2.04. The Morgan fingerprint density at radius 1 is 1.57 bits per heavy atom. The first-order valence-electron chi connectivity index (χ1n) is 2.57. The fraction of sp³-hybridized carbons (Fsp3) is 0.667. The van der Waals surface area contributed by atoms with Gasteiger partial charge in [0, 0.05) is 0 Å². The van der Waals surface area contributed by atoms with Gasteiger partial charge in [0.25, 0.3) is 0 Å². The van der Waals surface area contributed by atoms with E-state index in [0.29, 0.717) is 5.92 Å². The third-order valence-corrected chi connectivity index (χ3v) is 1.17. The molecule has 1 nitrogen and oxygen atoms in total. The molecule has 0 aliphatic carbocycles. The maximum absolute atomic E-state index is 5.21. The first kappa shape index (κ1) is 6.54. The van der Waals surface area contributed by atoms with Gasteiger partial charge in [-0.25, -0.2) is 0 Å². The van der Waals surface area contributed by atoms with Crippen molar-refractivity contribution in [2.45, 2.75) is 20.8 Å². The highest BCUT2D eigenvalue weighted by atomic mass is 14.5. The first-order valence-corrected chi connectivity index (χ1v) is 2.57. The number of nitrogens with two attached hydrogens (primary N) is 1. The SMILES string of the molecule is C/C(=C/N)C(C)C. The van der Waals surface area contributed by atoms with Gasteiger partial charge in [-0.1, -0.05) is 19.4 Å². The van der Waals surface area contributed by atoms with Gasteiger partial charge in [0.15, 0.2) is 0 Å². The maximum atomic E-state index is 5.21. The molecule has 1 heteroatoms. The third-order valence-electron chi connectivity index (χ3n) is 1.17. The summed E-state index contributed by atoms with van der Waals surface area (Å²) >= 11 is 0. The molecule has 0 atom stereocenters. The largest absolute Gasteiger partial charge is 0.405 e. The van der Waals surface area contributed by atoms with Gasteiger partial charge in [-0.15, -0.1) is 0 Å². The molecular formula is C6H13N. The standard InChI is InChI=1S/C6H13N/c1-5(2)6(3)4-7/h4-5H,7H2,1-3H3/b6-4-. The van der Waals surface area contributed by atoms with Crippen molar-refractivity contribution in [2.75, 3.05) is 0 Å². The van der Waals surface area contributed by atoms with Gasteiger partial charge < -0.3 is 5.73 Å². The van der Waals surface area contributed by atoms with Crippen molar-refractivity contribution >= 4 is 0 Å². The molecule has 0 unspecified atom stereocenters. The van der Waals surface area contributed by atoms with Crippen LogP contribution in [0.3, 0.4) is 0 Å². The Kier molecular flexibility index (Phi) is 2.49. The lowest BCUT2D eigenvalue weighted by Gasteiger charge is -2.00. The van der Waals surface area contributed by atoms with E-state index in [1.165, 1.54) is 5.57 Å². The lowest BCUT2D eigenvalue weighted by Crippen LogP contribution is -1.91. The molecule has 2 N–H and O–H groups in total. The van der Waals surface area contributed by atoms with Gasteiger partial charge in [0.2, 0.25) is 0 Å². The molecule has 0 aromatic carbocycles. The van der Waals surface area contributed by atoms with Crippen LogP contribution >= 0.6 is 0 Å². The van der Waals surface area contributed by atoms with Crippen LogP contribution in [0.5, 0.6) is 0 Å². The third kappa shape index (κ3) is 2.26. The van der Waals surface area contributed by atoms with E-state index >= 15 is 0 Å². The summed E-state index contributed by atoms with van der Waals surface area (Å²) in [4.78, 5) is 0. The number of hydrogen-bond acceptors (Lipinski definition) is 1. The molecule has 0 spiro atoms. The Labute approximate surface area is 45.2 Å². The van der Waals surface area contributed by atoms with Crippen LogP contribution in [-0.4, -0.2) is 0 Å². The normalized spacial score (nSPS) is 12.9. The second kappa shape index (κ2) is 2.67. The molecule has 0 aromatic rings. The van der Waals surface area contributed by atoms with Gasteiger partial charge in [-0.2, -0.15) is 0 Å². The summed E-state index contributed by atoms with van der Waals surface area (Å²) in [5.74, 6) is 0.602. The number of allylic oxidation sites excluding steroid dienone is 1. The monoisotopic (exact) mass is 99.1 g/mol. The second-order valence-electron chi connectivity index (χ2n) is 2.07. The van der Waals surface area contributed by atoms with Crippen molar-refractivity contribution in [1.82, 2.24) is 0 Å². The lowest BCUT2D eigenvalue weighted by molar-refractivity contribution is 0.766. The molecule has 0 radical (unpaired) electrons. The molecule has 0 aromatic heterocycles. The highest BCUT2D eigenvalue weighted by molar-refractivity contribution is 4.97. The lowest BCUT2D eigenvalue weighted by atomic mass is 10.1. The predicted molar refractivity (Wildman–Crippen MR) is 32.8 cm³/mol. The molecule has 0 amide bonds. The zero-order valence-electron chi connectivity index (χ0n) is 5.23. The Morgan fingerprint density at radius 2 is 2.00 bits per heavy atom. The highest BCUT2D eigenvalue weighted by Gasteiger charge is 1.90. The van der Waals surface area contributed by atoms with Crippen LogP contribution in [-0.2, 0) is 0 Å². The van der Waals surface area contributed by atoms with E-state index < -0.39 is 0 Å². The molecule has 0 aliphatic heterocycles. The number of rotatable bonds is 1. The quantitative estimate of drug-likeness (QED) is 0.529. The summed E-state index contributed by atoms with van der Waals surface area (Å²) in [6.45, 7) is 6.28. The zero-order chi connectivity index (χ0) is 5.86. The van der Waals surface area contributed by atoms with E-state index in [0.717, 1.165) is 0 Å². The van der Waals surface area contributed by atoms with E-state index in [1.54, 1.807) is 6.20 Å². The molecule has 42 valence electrons. The van der Waals surface area contributed by atoms with E-state index in [9.17, 15) is 0 Å². The van der Waals surface area contributed by atoms with Crippen molar-refractivity contribution < 1.29 is 0 Å². The molecule has 0 heterocycles. The summed E-state index contributed by atoms with van der Waals surface area (Å²) in [5.41, 5.74) is 6.46. The smallest absolute Gasteiger partial charge is 0.00707 e. The summed E-state index contributed by atoms with van der Waals surface area (Å²) in [7, 11) is 0. The Morgan fingerprint density at radius 3 is 2.00 bits per heavy atom. The van der Waals surface area contributed by atoms with Gasteiger partial charge in [-0.05, 0) is 19.0 Å². The van der Waals surface area contributed by atoms with Gasteiger partial charge in [0.05, 0.1) is 0 Å². The topological polar surface area (TPSA) is 26.0 Å². The molecule has 7 heavy (non-hydrogen) atoms. The molecule has 0 bridgehead atoms. The van der Waals surface area contributed by atoms with Crippen LogP contribution in [0.15, 0.2) is 11.8 Å². The minimum Gasteiger partial charge on any atom is -0.405 e. The van der Waals surface area contributed by atoms with E-state index in [2.05, 4.69) is 13.8 Å². The second-order valence-corrected chi connectivity index (χ2v) is 2.07. The minimum atomic E-state index is 0.602. The molecular weight excluding hydrogens is 86.1 g/mol. The maximum Gasteiger partial charge on any atom is -0.00707 e. The fourth-order valence-electron chi connectivity index (χ4n) is 0.192. The fourth-order valence-corrected chi connectivity index (χ4v) is 0.192. The van der Waals surface area contributed by atoms with Crippen LogP contribution in [0.2, 0.25) is 0 Å². The average molecular weight is 99.2 g/mol. The van der Waals surface area contributed by atoms with Crippen LogP contribution in [0.4, 0.5) is 0 Å². The van der Waals surface area contributed by atoms with Gasteiger partial charge in [-0.3, -0.25) is 0 Å². The summed E-state index contributed by atoms with van der Waals surface area (Å²) < 4.78 is 0. The van der Waals surface area contributed by atoms with Crippen LogP contribution in [0, 0.1) is 5.92 Å². The zero-order valence-corrected chi connectivity index (χ0v) is 5.23. The Bertz CT molecular complexity index is 72.2. The predicted octanol–water partition coefficient (Wildman–Crippen LogP) is 1.50. The van der Waals surface area contributed by atoms with Crippen LogP contribution in [0.25, 0.3) is 0 Å². The van der Waals surface area contributed by atoms with Crippen molar-refractivity contribution in [3.8, 4) is 0 Å². The Hall–Kier alpha value is -0.460. The average Bonchev–Trinajstić information content (AvgIpc) is 1.65. The summed E-state index contributed by atoms with van der Waals surface area (Å²) in [6, 6.07) is 0. The molecule has 0 saturated carbocycles. The van der Waals surface area contributed by atoms with Gasteiger partial charge >= 0.3 is 0 Å². The van der Waals surface area contributed by atoms with Gasteiger partial charge in [0.1, 0.15) is 0 Å². The minimum absolute atomic E-state index is 0.602. The molecule has 0 saturated heterocycles. The first-order chi connectivity index (χ1) is 3.18.